The number of nitrogens with one attached hydrogen (secondary N) is 1. The highest BCUT2D eigenvalue weighted by molar-refractivity contribution is 9.10. The maximum absolute atomic E-state index is 4.82. The topological polar surface area (TPSA) is 41.1 Å². The van der Waals surface area contributed by atoms with Crippen LogP contribution in [-0.4, -0.2) is 16.5 Å². The Kier molecular flexibility index (Phi) is 5.12. The average Bonchev–Trinajstić information content (AvgIpc) is 2.68. The number of hydrogen-bond acceptors (Lipinski definition) is 4. The Morgan fingerprint density at radius 2 is 1.81 bits per heavy atom. The standard InChI is InChI=1S/C22H23BrN4/c1-15(2)20-13-21(26-22(25-20)24-19-6-4-3-5-7-19)27-11-10-16-8-9-18(23)12-17(16)14-27/h3-9,12-13,15H,10-11,14H2,1-2H3,(H,24,25,26). The second kappa shape index (κ2) is 7.69. The van der Waals surface area contributed by atoms with Gasteiger partial charge >= 0.3 is 0 Å². The lowest BCUT2D eigenvalue weighted by atomic mass is 10.00. The van der Waals surface area contributed by atoms with Gasteiger partial charge in [-0.3, -0.25) is 0 Å². The van der Waals surface area contributed by atoms with E-state index in [0.717, 1.165) is 41.2 Å². The van der Waals surface area contributed by atoms with Crippen LogP contribution in [0.2, 0.25) is 0 Å². The van der Waals surface area contributed by atoms with E-state index in [-0.39, 0.29) is 0 Å². The lowest BCUT2D eigenvalue weighted by Crippen LogP contribution is -2.31. The van der Waals surface area contributed by atoms with Gasteiger partial charge in [0.1, 0.15) is 5.82 Å². The molecule has 1 N–H and O–H groups in total. The Labute approximate surface area is 168 Å². The summed E-state index contributed by atoms with van der Waals surface area (Å²) in [4.78, 5) is 11.9. The SMILES string of the molecule is CC(C)c1cc(N2CCc3ccc(Br)cc3C2)nc(Nc2ccccc2)n1. The molecule has 4 nitrogen and oxygen atoms in total. The van der Waals surface area contributed by atoms with Gasteiger partial charge in [0.25, 0.3) is 0 Å². The van der Waals surface area contributed by atoms with E-state index in [1.54, 1.807) is 0 Å². The van der Waals surface area contributed by atoms with Crippen LogP contribution in [0.1, 0.15) is 36.6 Å². The second-order valence-corrected chi connectivity index (χ2v) is 8.12. The summed E-state index contributed by atoms with van der Waals surface area (Å²) in [5.41, 5.74) is 4.84. The number of anilines is 3. The molecular weight excluding hydrogens is 400 g/mol. The molecule has 0 atom stereocenters. The maximum Gasteiger partial charge on any atom is 0.229 e. The Balaban J connectivity index is 1.66. The third kappa shape index (κ3) is 4.14. The predicted molar refractivity (Wildman–Crippen MR) is 115 cm³/mol. The highest BCUT2D eigenvalue weighted by Gasteiger charge is 2.20. The molecule has 0 saturated carbocycles. The molecule has 27 heavy (non-hydrogen) atoms. The van der Waals surface area contributed by atoms with Gasteiger partial charge in [-0.05, 0) is 47.7 Å². The first kappa shape index (κ1) is 18.0. The molecule has 138 valence electrons. The van der Waals surface area contributed by atoms with Gasteiger partial charge < -0.3 is 10.2 Å². The number of benzene rings is 2. The van der Waals surface area contributed by atoms with Crippen LogP contribution in [0.3, 0.4) is 0 Å². The molecule has 0 amide bonds. The van der Waals surface area contributed by atoms with Crippen LogP contribution >= 0.6 is 15.9 Å². The Bertz CT molecular complexity index is 940. The van der Waals surface area contributed by atoms with Crippen LogP contribution < -0.4 is 10.2 Å². The summed E-state index contributed by atoms with van der Waals surface area (Å²) in [5, 5.41) is 3.35. The highest BCUT2D eigenvalue weighted by Crippen LogP contribution is 2.28. The van der Waals surface area contributed by atoms with E-state index in [0.29, 0.717) is 11.9 Å². The number of rotatable bonds is 4. The van der Waals surface area contributed by atoms with Gasteiger partial charge in [0.05, 0.1) is 5.69 Å². The van der Waals surface area contributed by atoms with Gasteiger partial charge in [-0.2, -0.15) is 4.98 Å². The van der Waals surface area contributed by atoms with Crippen LogP contribution in [0.25, 0.3) is 0 Å². The third-order valence-electron chi connectivity index (χ3n) is 4.86. The van der Waals surface area contributed by atoms with E-state index in [2.05, 4.69) is 64.3 Å². The number of fused-ring (bicyclic) bond motifs is 1. The molecule has 5 heteroatoms. The van der Waals surface area contributed by atoms with Crippen LogP contribution in [0.4, 0.5) is 17.5 Å². The molecule has 1 aromatic heterocycles. The normalized spacial score (nSPS) is 13.6. The van der Waals surface area contributed by atoms with Gasteiger partial charge in [0, 0.05) is 29.3 Å². The summed E-state index contributed by atoms with van der Waals surface area (Å²) in [6.07, 6.45) is 1.03. The van der Waals surface area contributed by atoms with E-state index in [4.69, 9.17) is 9.97 Å². The van der Waals surface area contributed by atoms with Crippen molar-refractivity contribution in [2.75, 3.05) is 16.8 Å². The van der Waals surface area contributed by atoms with Crippen molar-refractivity contribution in [3.63, 3.8) is 0 Å². The number of halogens is 1. The van der Waals surface area contributed by atoms with Crippen LogP contribution in [0.15, 0.2) is 59.1 Å². The zero-order chi connectivity index (χ0) is 18.8. The van der Waals surface area contributed by atoms with Crippen molar-refractivity contribution in [2.24, 2.45) is 0 Å². The second-order valence-electron chi connectivity index (χ2n) is 7.20. The zero-order valence-electron chi connectivity index (χ0n) is 15.6. The zero-order valence-corrected chi connectivity index (χ0v) is 17.2. The van der Waals surface area contributed by atoms with E-state index in [1.807, 2.05) is 30.3 Å². The fraction of sp³-hybridized carbons (Fsp3) is 0.273. The number of aromatic nitrogens is 2. The largest absolute Gasteiger partial charge is 0.352 e. The van der Waals surface area contributed by atoms with Crippen molar-refractivity contribution < 1.29 is 0 Å². The Morgan fingerprint density at radius 3 is 2.59 bits per heavy atom. The predicted octanol–water partition coefficient (Wildman–Crippen LogP) is 5.67. The summed E-state index contributed by atoms with van der Waals surface area (Å²) in [7, 11) is 0. The maximum atomic E-state index is 4.82. The third-order valence-corrected chi connectivity index (χ3v) is 5.35. The molecular formula is C22H23BrN4. The molecule has 3 aromatic rings. The molecule has 1 aliphatic rings. The summed E-state index contributed by atoms with van der Waals surface area (Å²) in [6, 6.07) is 18.8. The summed E-state index contributed by atoms with van der Waals surface area (Å²) < 4.78 is 1.13. The van der Waals surface area contributed by atoms with E-state index >= 15 is 0 Å². The number of hydrogen-bond donors (Lipinski definition) is 1. The highest BCUT2D eigenvalue weighted by atomic mass is 79.9. The van der Waals surface area contributed by atoms with Crippen molar-refractivity contribution in [1.82, 2.24) is 9.97 Å². The van der Waals surface area contributed by atoms with Crippen LogP contribution in [0.5, 0.6) is 0 Å². The van der Waals surface area contributed by atoms with Crippen molar-refractivity contribution in [3.8, 4) is 0 Å². The lowest BCUT2D eigenvalue weighted by Gasteiger charge is -2.30. The summed E-state index contributed by atoms with van der Waals surface area (Å²) in [5.74, 6) is 1.98. The fourth-order valence-electron chi connectivity index (χ4n) is 3.34. The van der Waals surface area contributed by atoms with Crippen molar-refractivity contribution >= 4 is 33.4 Å². The van der Waals surface area contributed by atoms with Gasteiger partial charge in [-0.15, -0.1) is 0 Å². The van der Waals surface area contributed by atoms with Crippen molar-refractivity contribution in [1.29, 1.82) is 0 Å². The Hall–Kier alpha value is -2.40. The van der Waals surface area contributed by atoms with Gasteiger partial charge in [-0.25, -0.2) is 4.98 Å². The first-order valence-corrected chi connectivity index (χ1v) is 10.1. The van der Waals surface area contributed by atoms with Gasteiger partial charge in [0.15, 0.2) is 0 Å². The van der Waals surface area contributed by atoms with Crippen molar-refractivity contribution in [2.45, 2.75) is 32.7 Å². The van der Waals surface area contributed by atoms with Crippen LogP contribution in [-0.2, 0) is 13.0 Å². The minimum absolute atomic E-state index is 0.342. The Morgan fingerprint density at radius 1 is 1.00 bits per heavy atom. The molecule has 0 spiro atoms. The molecule has 2 aromatic carbocycles. The molecule has 1 aliphatic heterocycles. The van der Waals surface area contributed by atoms with E-state index in [1.165, 1.54) is 11.1 Å². The fourth-order valence-corrected chi connectivity index (χ4v) is 3.75. The first-order chi connectivity index (χ1) is 13.1. The van der Waals surface area contributed by atoms with Gasteiger partial charge in [0.2, 0.25) is 5.95 Å². The molecule has 0 bridgehead atoms. The first-order valence-electron chi connectivity index (χ1n) is 9.32. The summed E-state index contributed by atoms with van der Waals surface area (Å²) in [6.45, 7) is 6.17. The average molecular weight is 423 g/mol. The molecule has 4 rings (SSSR count). The minimum Gasteiger partial charge on any atom is -0.352 e. The molecule has 0 fully saturated rings. The van der Waals surface area contributed by atoms with Crippen molar-refractivity contribution in [3.05, 3.63) is 75.9 Å². The summed E-state index contributed by atoms with van der Waals surface area (Å²) >= 11 is 3.59. The quantitative estimate of drug-likeness (QED) is 0.587. The van der Waals surface area contributed by atoms with Crippen LogP contribution in [0, 0.1) is 0 Å². The monoisotopic (exact) mass is 422 g/mol. The molecule has 0 unspecified atom stereocenters. The van der Waals surface area contributed by atoms with E-state index < -0.39 is 0 Å². The van der Waals surface area contributed by atoms with E-state index in [9.17, 15) is 0 Å². The smallest absolute Gasteiger partial charge is 0.229 e. The molecule has 2 heterocycles. The van der Waals surface area contributed by atoms with Gasteiger partial charge in [-0.1, -0.05) is 54.0 Å². The minimum atomic E-state index is 0.342. The molecule has 0 saturated heterocycles. The number of nitrogens with zero attached hydrogens (tertiary/aromatic N) is 3. The molecule has 0 aliphatic carbocycles. The molecule has 0 radical (unpaired) electrons. The number of para-hydroxylation sites is 1. The lowest BCUT2D eigenvalue weighted by molar-refractivity contribution is 0.714.